The minimum Gasteiger partial charge on any atom is -0.486 e. The Bertz CT molecular complexity index is 583. The molecule has 3 heteroatoms. The van der Waals surface area contributed by atoms with Crippen molar-refractivity contribution in [2.75, 3.05) is 25.2 Å². The highest BCUT2D eigenvalue weighted by molar-refractivity contribution is 5.57. The van der Waals surface area contributed by atoms with Crippen LogP contribution >= 0.6 is 0 Å². The molecule has 0 aliphatic carbocycles. The van der Waals surface area contributed by atoms with E-state index in [1.807, 2.05) is 18.2 Å². The van der Waals surface area contributed by atoms with Crippen LogP contribution < -0.4 is 14.4 Å². The molecule has 1 aliphatic rings. The molecule has 0 spiro atoms. The van der Waals surface area contributed by atoms with Crippen LogP contribution in [0.2, 0.25) is 0 Å². The topological polar surface area (TPSA) is 21.7 Å². The van der Waals surface area contributed by atoms with Crippen molar-refractivity contribution in [3.05, 3.63) is 54.1 Å². The summed E-state index contributed by atoms with van der Waals surface area (Å²) in [6.45, 7) is 3.45. The highest BCUT2D eigenvalue weighted by Crippen LogP contribution is 2.35. The lowest BCUT2D eigenvalue weighted by Crippen LogP contribution is -2.22. The molecule has 104 valence electrons. The molecule has 0 bridgehead atoms. The predicted molar refractivity (Wildman–Crippen MR) is 80.7 cm³/mol. The molecular formula is C17H19NO2. The summed E-state index contributed by atoms with van der Waals surface area (Å²) in [4.78, 5) is 2.24. The number of rotatable bonds is 3. The van der Waals surface area contributed by atoms with Gasteiger partial charge in [-0.2, -0.15) is 0 Å². The minimum absolute atomic E-state index is 0.304. The fraction of sp³-hybridized carbons (Fsp3) is 0.294. The van der Waals surface area contributed by atoms with Crippen molar-refractivity contribution in [3.63, 3.8) is 0 Å². The van der Waals surface area contributed by atoms with Crippen LogP contribution in [0.5, 0.6) is 11.5 Å². The first-order chi connectivity index (χ1) is 9.75. The van der Waals surface area contributed by atoms with Gasteiger partial charge in [-0.25, -0.2) is 0 Å². The van der Waals surface area contributed by atoms with Crippen molar-refractivity contribution in [3.8, 4) is 11.5 Å². The molecule has 2 aromatic carbocycles. The van der Waals surface area contributed by atoms with E-state index in [0.29, 0.717) is 19.3 Å². The molecule has 20 heavy (non-hydrogen) atoms. The van der Waals surface area contributed by atoms with Crippen molar-refractivity contribution in [2.24, 2.45) is 0 Å². The SMILES string of the molecule is C[C@H](c1ccccc1)N(C)c1ccc2c(c1)OCCO2. The summed E-state index contributed by atoms with van der Waals surface area (Å²) in [5, 5.41) is 0. The third kappa shape index (κ3) is 2.44. The van der Waals surface area contributed by atoms with Gasteiger partial charge in [0, 0.05) is 18.8 Å². The molecule has 3 nitrogen and oxygen atoms in total. The quantitative estimate of drug-likeness (QED) is 0.849. The summed E-state index contributed by atoms with van der Waals surface area (Å²) in [6, 6.07) is 16.9. The lowest BCUT2D eigenvalue weighted by molar-refractivity contribution is 0.171. The van der Waals surface area contributed by atoms with E-state index in [-0.39, 0.29) is 0 Å². The number of nitrogens with zero attached hydrogens (tertiary/aromatic N) is 1. The average molecular weight is 269 g/mol. The summed E-state index contributed by atoms with van der Waals surface area (Å²) >= 11 is 0. The van der Waals surface area contributed by atoms with Crippen LogP contribution in [0.15, 0.2) is 48.5 Å². The summed E-state index contributed by atoms with van der Waals surface area (Å²) < 4.78 is 11.2. The van der Waals surface area contributed by atoms with Gasteiger partial charge in [0.2, 0.25) is 0 Å². The monoisotopic (exact) mass is 269 g/mol. The third-order valence-electron chi connectivity index (χ3n) is 3.80. The molecule has 0 fully saturated rings. The Hall–Kier alpha value is -2.16. The van der Waals surface area contributed by atoms with Gasteiger partial charge in [0.15, 0.2) is 11.5 Å². The van der Waals surface area contributed by atoms with Crippen molar-refractivity contribution in [1.82, 2.24) is 0 Å². The van der Waals surface area contributed by atoms with E-state index < -0.39 is 0 Å². The summed E-state index contributed by atoms with van der Waals surface area (Å²) in [5.41, 5.74) is 2.43. The fourth-order valence-corrected chi connectivity index (χ4v) is 2.43. The number of hydrogen-bond donors (Lipinski definition) is 0. The van der Waals surface area contributed by atoms with Gasteiger partial charge in [-0.1, -0.05) is 30.3 Å². The van der Waals surface area contributed by atoms with Gasteiger partial charge in [-0.3, -0.25) is 0 Å². The van der Waals surface area contributed by atoms with E-state index in [0.717, 1.165) is 17.2 Å². The van der Waals surface area contributed by atoms with Crippen LogP contribution in [-0.4, -0.2) is 20.3 Å². The fourth-order valence-electron chi connectivity index (χ4n) is 2.43. The van der Waals surface area contributed by atoms with Crippen molar-refractivity contribution < 1.29 is 9.47 Å². The van der Waals surface area contributed by atoms with Crippen LogP contribution in [0.1, 0.15) is 18.5 Å². The average Bonchev–Trinajstić information content (AvgIpc) is 2.54. The Morgan fingerprint density at radius 3 is 2.40 bits per heavy atom. The second kappa shape index (κ2) is 5.45. The Balaban J connectivity index is 1.85. The van der Waals surface area contributed by atoms with Crippen LogP contribution in [0, 0.1) is 0 Å². The normalized spacial score (nSPS) is 14.7. The second-order valence-corrected chi connectivity index (χ2v) is 5.03. The molecule has 0 saturated heterocycles. The zero-order valence-corrected chi connectivity index (χ0v) is 11.9. The third-order valence-corrected chi connectivity index (χ3v) is 3.80. The first kappa shape index (κ1) is 12.9. The smallest absolute Gasteiger partial charge is 0.163 e. The van der Waals surface area contributed by atoms with Gasteiger partial charge in [0.1, 0.15) is 13.2 Å². The maximum atomic E-state index is 5.65. The minimum atomic E-state index is 0.304. The largest absolute Gasteiger partial charge is 0.486 e. The molecule has 0 saturated carbocycles. The number of ether oxygens (including phenoxy) is 2. The maximum absolute atomic E-state index is 5.65. The van der Waals surface area contributed by atoms with E-state index in [2.05, 4.69) is 49.2 Å². The van der Waals surface area contributed by atoms with E-state index in [4.69, 9.17) is 9.47 Å². The van der Waals surface area contributed by atoms with Crippen molar-refractivity contribution in [2.45, 2.75) is 13.0 Å². The standard InChI is InChI=1S/C17H19NO2/c1-13(14-6-4-3-5-7-14)18(2)15-8-9-16-17(12-15)20-11-10-19-16/h3-9,12-13H,10-11H2,1-2H3/t13-/m1/s1. The van der Waals surface area contributed by atoms with Crippen LogP contribution in [0.4, 0.5) is 5.69 Å². The van der Waals surface area contributed by atoms with Crippen LogP contribution in [0.3, 0.4) is 0 Å². The van der Waals surface area contributed by atoms with Gasteiger partial charge in [0.05, 0.1) is 6.04 Å². The molecule has 1 heterocycles. The number of benzene rings is 2. The maximum Gasteiger partial charge on any atom is 0.163 e. The summed E-state index contributed by atoms with van der Waals surface area (Å²) in [6.07, 6.45) is 0. The zero-order valence-electron chi connectivity index (χ0n) is 11.9. The summed E-state index contributed by atoms with van der Waals surface area (Å²) in [7, 11) is 2.10. The van der Waals surface area contributed by atoms with Crippen molar-refractivity contribution >= 4 is 5.69 Å². The molecular weight excluding hydrogens is 250 g/mol. The molecule has 3 rings (SSSR count). The van der Waals surface area contributed by atoms with E-state index >= 15 is 0 Å². The molecule has 0 radical (unpaired) electrons. The molecule has 0 N–H and O–H groups in total. The molecule has 0 unspecified atom stereocenters. The van der Waals surface area contributed by atoms with Gasteiger partial charge in [-0.15, -0.1) is 0 Å². The Morgan fingerprint density at radius 1 is 0.950 bits per heavy atom. The van der Waals surface area contributed by atoms with E-state index in [1.165, 1.54) is 5.56 Å². The molecule has 0 amide bonds. The van der Waals surface area contributed by atoms with Gasteiger partial charge in [-0.05, 0) is 24.6 Å². The summed E-state index contributed by atoms with van der Waals surface area (Å²) in [5.74, 6) is 1.67. The van der Waals surface area contributed by atoms with E-state index in [9.17, 15) is 0 Å². The molecule has 0 aromatic heterocycles. The van der Waals surface area contributed by atoms with E-state index in [1.54, 1.807) is 0 Å². The second-order valence-electron chi connectivity index (χ2n) is 5.03. The number of fused-ring (bicyclic) bond motifs is 1. The first-order valence-corrected chi connectivity index (χ1v) is 6.93. The van der Waals surface area contributed by atoms with Crippen LogP contribution in [0.25, 0.3) is 0 Å². The molecule has 2 aromatic rings. The highest BCUT2D eigenvalue weighted by atomic mass is 16.6. The van der Waals surface area contributed by atoms with Crippen LogP contribution in [-0.2, 0) is 0 Å². The van der Waals surface area contributed by atoms with Gasteiger partial charge < -0.3 is 14.4 Å². The molecule has 1 aliphatic heterocycles. The number of anilines is 1. The first-order valence-electron chi connectivity index (χ1n) is 6.93. The number of hydrogen-bond acceptors (Lipinski definition) is 3. The Kier molecular flexibility index (Phi) is 3.50. The van der Waals surface area contributed by atoms with Gasteiger partial charge in [0.25, 0.3) is 0 Å². The zero-order chi connectivity index (χ0) is 13.9. The van der Waals surface area contributed by atoms with Gasteiger partial charge >= 0.3 is 0 Å². The predicted octanol–water partition coefficient (Wildman–Crippen LogP) is 3.66. The lowest BCUT2D eigenvalue weighted by Gasteiger charge is -2.29. The molecule has 1 atom stereocenters. The Labute approximate surface area is 119 Å². The Morgan fingerprint density at radius 2 is 1.65 bits per heavy atom. The lowest BCUT2D eigenvalue weighted by atomic mass is 10.1. The highest BCUT2D eigenvalue weighted by Gasteiger charge is 2.16. The van der Waals surface area contributed by atoms with Crippen molar-refractivity contribution in [1.29, 1.82) is 0 Å².